The van der Waals surface area contributed by atoms with Crippen molar-refractivity contribution in [2.75, 3.05) is 17.2 Å². The Balaban J connectivity index is 1.54. The molecule has 3 aromatic rings. The number of carboxylic acids is 1. The van der Waals surface area contributed by atoms with Gasteiger partial charge in [0.2, 0.25) is 5.91 Å². The van der Waals surface area contributed by atoms with Gasteiger partial charge in [-0.3, -0.25) is 9.59 Å². The van der Waals surface area contributed by atoms with Crippen LogP contribution in [0.1, 0.15) is 15.9 Å². The van der Waals surface area contributed by atoms with Gasteiger partial charge in [-0.2, -0.15) is 0 Å². The highest BCUT2D eigenvalue weighted by atomic mass is 35.5. The number of carbonyl (C=O) groups is 3. The summed E-state index contributed by atoms with van der Waals surface area (Å²) in [4.78, 5) is 40.5. The van der Waals surface area contributed by atoms with Crippen LogP contribution in [0.3, 0.4) is 0 Å². The van der Waals surface area contributed by atoms with Crippen LogP contribution in [0.2, 0.25) is 10.0 Å². The van der Waals surface area contributed by atoms with E-state index in [-0.39, 0.29) is 27.9 Å². The van der Waals surface area contributed by atoms with E-state index in [2.05, 4.69) is 20.9 Å². The van der Waals surface area contributed by atoms with Crippen LogP contribution in [0.4, 0.5) is 11.5 Å². The van der Waals surface area contributed by atoms with E-state index in [4.69, 9.17) is 23.2 Å². The third kappa shape index (κ3) is 7.84. The number of hydrogen-bond donors (Lipinski definition) is 4. The van der Waals surface area contributed by atoms with Gasteiger partial charge in [0.25, 0.3) is 5.91 Å². The molecule has 35 heavy (non-hydrogen) atoms. The van der Waals surface area contributed by atoms with E-state index in [1.807, 2.05) is 18.2 Å². The molecule has 0 bridgehead atoms. The number of benzene rings is 2. The first-order chi connectivity index (χ1) is 16.8. The number of aromatic nitrogens is 1. The fraction of sp³-hybridized carbons (Fsp3) is 0.120. The molecular weight excluding hydrogens is 491 g/mol. The number of hydrogen-bond acceptors (Lipinski definition) is 5. The predicted octanol–water partition coefficient (Wildman–Crippen LogP) is 4.42. The molecule has 0 aliphatic carbocycles. The van der Waals surface area contributed by atoms with E-state index in [0.717, 1.165) is 0 Å². The molecule has 0 fully saturated rings. The first-order valence-corrected chi connectivity index (χ1v) is 11.3. The van der Waals surface area contributed by atoms with Crippen LogP contribution in [0.15, 0.2) is 79.0 Å². The summed E-state index contributed by atoms with van der Waals surface area (Å²) in [6.45, 7) is 0.436. The van der Waals surface area contributed by atoms with Gasteiger partial charge < -0.3 is 21.1 Å². The number of carbonyl (C=O) groups excluding carboxylic acids is 2. The minimum Gasteiger partial charge on any atom is -0.480 e. The Labute approximate surface area is 212 Å². The van der Waals surface area contributed by atoms with Crippen LogP contribution in [-0.4, -0.2) is 40.5 Å². The van der Waals surface area contributed by atoms with Gasteiger partial charge in [0.05, 0.1) is 15.6 Å². The second kappa shape index (κ2) is 12.5. The molecule has 10 heteroatoms. The summed E-state index contributed by atoms with van der Waals surface area (Å²) in [5.41, 5.74) is 1.21. The Morgan fingerprint density at radius 2 is 1.69 bits per heavy atom. The largest absolute Gasteiger partial charge is 0.480 e. The van der Waals surface area contributed by atoms with Gasteiger partial charge in [-0.05, 0) is 42.0 Å². The lowest BCUT2D eigenvalue weighted by Crippen LogP contribution is -2.42. The quantitative estimate of drug-likeness (QED) is 0.298. The summed E-state index contributed by atoms with van der Waals surface area (Å²) >= 11 is 12.1. The molecule has 3 rings (SSSR count). The second-order valence-electron chi connectivity index (χ2n) is 7.35. The Morgan fingerprint density at radius 1 is 0.971 bits per heavy atom. The Kier molecular flexibility index (Phi) is 9.23. The molecule has 0 aliphatic rings. The first-order valence-electron chi connectivity index (χ1n) is 10.5. The minimum atomic E-state index is -1.21. The van der Waals surface area contributed by atoms with Crippen LogP contribution >= 0.6 is 23.2 Å². The van der Waals surface area contributed by atoms with Crippen molar-refractivity contribution in [3.05, 3.63) is 100 Å². The molecule has 2 aromatic carbocycles. The molecule has 0 spiro atoms. The van der Waals surface area contributed by atoms with Crippen LogP contribution in [0, 0.1) is 0 Å². The van der Waals surface area contributed by atoms with E-state index >= 15 is 0 Å². The lowest BCUT2D eigenvalue weighted by Gasteiger charge is -2.16. The lowest BCUT2D eigenvalue weighted by atomic mass is 10.0. The maximum absolute atomic E-state index is 12.6. The maximum atomic E-state index is 12.6. The van der Waals surface area contributed by atoms with Gasteiger partial charge in [-0.25, -0.2) is 9.78 Å². The molecule has 0 unspecified atom stereocenters. The highest BCUT2D eigenvalue weighted by Gasteiger charge is 2.23. The van der Waals surface area contributed by atoms with Gasteiger partial charge >= 0.3 is 5.97 Å². The molecule has 1 atom stereocenters. The summed E-state index contributed by atoms with van der Waals surface area (Å²) in [5, 5.41) is 18.1. The molecule has 0 aliphatic heterocycles. The van der Waals surface area contributed by atoms with E-state index in [0.29, 0.717) is 23.6 Å². The summed E-state index contributed by atoms with van der Waals surface area (Å²) < 4.78 is 0. The standard InChI is InChI=1S/C25H22Cl2N4O4/c26-18-5-3-6-19(27)23(18)24(33)31-20(25(34)35)15-16-9-11-17(12-10-16)30-22(32)8-4-14-29-21-7-1-2-13-28-21/h1-13,20H,14-15H2,(H,28,29)(H,30,32)(H,31,33)(H,34,35)/b8-4+/t20-/m0/s1. The number of anilines is 2. The summed E-state index contributed by atoms with van der Waals surface area (Å²) in [7, 11) is 0. The number of aliphatic carboxylic acids is 1. The van der Waals surface area contributed by atoms with Gasteiger partial charge in [-0.1, -0.05) is 53.5 Å². The molecule has 0 radical (unpaired) electrons. The van der Waals surface area contributed by atoms with Crippen molar-refractivity contribution in [1.29, 1.82) is 0 Å². The Hall–Kier alpha value is -3.88. The van der Waals surface area contributed by atoms with Gasteiger partial charge in [0.15, 0.2) is 0 Å². The van der Waals surface area contributed by atoms with Crippen molar-refractivity contribution in [2.24, 2.45) is 0 Å². The molecule has 2 amide bonds. The normalized spacial score (nSPS) is 11.6. The van der Waals surface area contributed by atoms with Gasteiger partial charge in [-0.15, -0.1) is 0 Å². The molecular formula is C25H22Cl2N4O4. The van der Waals surface area contributed by atoms with E-state index in [1.54, 1.807) is 42.6 Å². The number of rotatable bonds is 10. The van der Waals surface area contributed by atoms with E-state index in [1.165, 1.54) is 18.2 Å². The average molecular weight is 513 g/mol. The van der Waals surface area contributed by atoms with Crippen LogP contribution in [0.25, 0.3) is 0 Å². The van der Waals surface area contributed by atoms with Crippen LogP contribution < -0.4 is 16.0 Å². The number of nitrogens with one attached hydrogen (secondary N) is 3. The van der Waals surface area contributed by atoms with Crippen molar-refractivity contribution in [2.45, 2.75) is 12.5 Å². The second-order valence-corrected chi connectivity index (χ2v) is 8.16. The van der Waals surface area contributed by atoms with Crippen molar-refractivity contribution in [1.82, 2.24) is 10.3 Å². The zero-order chi connectivity index (χ0) is 25.2. The van der Waals surface area contributed by atoms with Gasteiger partial charge in [0.1, 0.15) is 11.9 Å². The topological polar surface area (TPSA) is 120 Å². The van der Waals surface area contributed by atoms with Crippen LogP contribution in [0.5, 0.6) is 0 Å². The number of carboxylic acid groups (broad SMARTS) is 1. The number of halogens is 2. The zero-order valence-corrected chi connectivity index (χ0v) is 19.9. The van der Waals surface area contributed by atoms with Crippen molar-refractivity contribution >= 4 is 52.5 Å². The number of amides is 2. The third-order valence-electron chi connectivity index (χ3n) is 4.79. The van der Waals surface area contributed by atoms with Crippen molar-refractivity contribution in [3.63, 3.8) is 0 Å². The van der Waals surface area contributed by atoms with Gasteiger partial charge in [0, 0.05) is 30.9 Å². The predicted molar refractivity (Wildman–Crippen MR) is 136 cm³/mol. The molecule has 1 heterocycles. The molecule has 1 aromatic heterocycles. The van der Waals surface area contributed by atoms with Crippen LogP contribution in [-0.2, 0) is 16.0 Å². The lowest BCUT2D eigenvalue weighted by molar-refractivity contribution is -0.139. The average Bonchev–Trinajstić information content (AvgIpc) is 2.83. The zero-order valence-electron chi connectivity index (χ0n) is 18.4. The van der Waals surface area contributed by atoms with E-state index in [9.17, 15) is 19.5 Å². The molecule has 0 saturated heterocycles. The smallest absolute Gasteiger partial charge is 0.326 e. The minimum absolute atomic E-state index is 0.0171. The summed E-state index contributed by atoms with van der Waals surface area (Å²) in [6, 6.07) is 15.5. The molecule has 8 nitrogen and oxygen atoms in total. The monoisotopic (exact) mass is 512 g/mol. The molecule has 0 saturated carbocycles. The highest BCUT2D eigenvalue weighted by Crippen LogP contribution is 2.24. The fourth-order valence-corrected chi connectivity index (χ4v) is 3.65. The Bertz CT molecular complexity index is 1200. The molecule has 180 valence electrons. The molecule has 4 N–H and O–H groups in total. The number of pyridine rings is 1. The summed E-state index contributed by atoms with van der Waals surface area (Å²) in [5.74, 6) is -1.49. The summed E-state index contributed by atoms with van der Waals surface area (Å²) in [6.07, 6.45) is 4.77. The first kappa shape index (κ1) is 25.7. The number of nitrogens with zero attached hydrogens (tertiary/aromatic N) is 1. The van der Waals surface area contributed by atoms with Crippen molar-refractivity contribution in [3.8, 4) is 0 Å². The third-order valence-corrected chi connectivity index (χ3v) is 5.42. The fourth-order valence-electron chi connectivity index (χ4n) is 3.09. The SMILES string of the molecule is O=C(/C=C/CNc1ccccn1)Nc1ccc(C[C@H](NC(=O)c2c(Cl)cccc2Cl)C(=O)O)cc1. The highest BCUT2D eigenvalue weighted by molar-refractivity contribution is 6.39. The van der Waals surface area contributed by atoms with Crippen molar-refractivity contribution < 1.29 is 19.5 Å². The Morgan fingerprint density at radius 3 is 2.31 bits per heavy atom. The van der Waals surface area contributed by atoms with E-state index < -0.39 is 17.9 Å². The maximum Gasteiger partial charge on any atom is 0.326 e.